The molecule has 2 rings (SSSR count). The van der Waals surface area contributed by atoms with Crippen molar-refractivity contribution in [3.8, 4) is 5.69 Å². The molecule has 0 atom stereocenters. The molecule has 23 heavy (non-hydrogen) atoms. The van der Waals surface area contributed by atoms with Crippen LogP contribution in [0.25, 0.3) is 5.69 Å². The van der Waals surface area contributed by atoms with E-state index in [-0.39, 0.29) is 24.0 Å². The maximum atomic E-state index is 4.26. The molecule has 2 N–H and O–H groups in total. The van der Waals surface area contributed by atoms with Crippen LogP contribution >= 0.6 is 24.0 Å². The fourth-order valence-corrected chi connectivity index (χ4v) is 2.22. The van der Waals surface area contributed by atoms with Crippen molar-refractivity contribution in [1.29, 1.82) is 0 Å². The molecule has 0 fully saturated rings. The molecule has 126 valence electrons. The minimum absolute atomic E-state index is 0. The summed E-state index contributed by atoms with van der Waals surface area (Å²) in [5.41, 5.74) is 2.26. The van der Waals surface area contributed by atoms with Crippen LogP contribution in [0.15, 0.2) is 47.7 Å². The molecule has 0 saturated carbocycles. The van der Waals surface area contributed by atoms with Gasteiger partial charge in [-0.15, -0.1) is 24.0 Å². The van der Waals surface area contributed by atoms with Crippen LogP contribution in [0.5, 0.6) is 0 Å². The summed E-state index contributed by atoms with van der Waals surface area (Å²) in [6.07, 6.45) is 7.38. The minimum Gasteiger partial charge on any atom is -0.356 e. The lowest BCUT2D eigenvalue weighted by Crippen LogP contribution is -2.37. The number of nitrogens with one attached hydrogen (secondary N) is 2. The Kier molecular flexibility index (Phi) is 9.35. The number of hydrogen-bond acceptors (Lipinski definition) is 2. The Balaban J connectivity index is 0.00000264. The van der Waals surface area contributed by atoms with Crippen molar-refractivity contribution in [1.82, 2.24) is 20.4 Å². The number of halogens is 1. The number of unbranched alkanes of at least 4 members (excludes halogenated alkanes) is 2. The van der Waals surface area contributed by atoms with Gasteiger partial charge in [-0.05, 0) is 30.2 Å². The Bertz CT molecular complexity index is 580. The highest BCUT2D eigenvalue weighted by Gasteiger charge is 2.01. The van der Waals surface area contributed by atoms with E-state index < -0.39 is 0 Å². The summed E-state index contributed by atoms with van der Waals surface area (Å²) >= 11 is 0. The molecule has 0 amide bonds. The first-order valence-corrected chi connectivity index (χ1v) is 7.87. The lowest BCUT2D eigenvalue weighted by atomic mass is 10.2. The van der Waals surface area contributed by atoms with Gasteiger partial charge < -0.3 is 10.6 Å². The number of benzene rings is 1. The van der Waals surface area contributed by atoms with Gasteiger partial charge in [0.1, 0.15) is 0 Å². The van der Waals surface area contributed by atoms with Crippen LogP contribution in [0.2, 0.25) is 0 Å². The summed E-state index contributed by atoms with van der Waals surface area (Å²) in [7, 11) is 1.80. The molecule has 0 unspecified atom stereocenters. The monoisotopic (exact) mass is 427 g/mol. The molecule has 1 aromatic carbocycles. The zero-order chi connectivity index (χ0) is 15.6. The molecule has 0 saturated heterocycles. The van der Waals surface area contributed by atoms with Crippen molar-refractivity contribution >= 4 is 29.9 Å². The Morgan fingerprint density at radius 2 is 2.09 bits per heavy atom. The third-order valence-electron chi connectivity index (χ3n) is 3.44. The van der Waals surface area contributed by atoms with E-state index in [0.29, 0.717) is 0 Å². The van der Waals surface area contributed by atoms with E-state index in [9.17, 15) is 0 Å². The highest BCUT2D eigenvalue weighted by atomic mass is 127. The summed E-state index contributed by atoms with van der Waals surface area (Å²) in [6.45, 7) is 3.91. The van der Waals surface area contributed by atoms with Crippen LogP contribution in [-0.2, 0) is 6.54 Å². The first-order chi connectivity index (χ1) is 10.8. The van der Waals surface area contributed by atoms with E-state index in [4.69, 9.17) is 0 Å². The molecule has 2 aromatic rings. The van der Waals surface area contributed by atoms with Crippen LogP contribution in [0, 0.1) is 0 Å². The van der Waals surface area contributed by atoms with Crippen LogP contribution in [0.4, 0.5) is 0 Å². The molecular formula is C17H26IN5. The fraction of sp³-hybridized carbons (Fsp3) is 0.412. The first kappa shape index (κ1) is 19.5. The molecule has 0 aliphatic heterocycles. The quantitative estimate of drug-likeness (QED) is 0.309. The molecule has 0 bridgehead atoms. The molecule has 6 heteroatoms. The summed E-state index contributed by atoms with van der Waals surface area (Å²) in [4.78, 5) is 4.25. The van der Waals surface area contributed by atoms with Crippen LogP contribution in [0.1, 0.15) is 31.7 Å². The summed E-state index contributed by atoms with van der Waals surface area (Å²) in [6, 6.07) is 10.3. The zero-order valence-electron chi connectivity index (χ0n) is 13.8. The number of nitrogens with zero attached hydrogens (tertiary/aromatic N) is 3. The summed E-state index contributed by atoms with van der Waals surface area (Å²) in [5.74, 6) is 0.848. The predicted molar refractivity (Wildman–Crippen MR) is 107 cm³/mol. The number of aromatic nitrogens is 2. The van der Waals surface area contributed by atoms with Crippen molar-refractivity contribution in [3.05, 3.63) is 48.3 Å². The number of aliphatic imine (C=N–C) groups is 1. The molecular weight excluding hydrogens is 401 g/mol. The standard InChI is InChI=1S/C17H25N5.HI/c1-3-4-5-10-19-17(18-2)20-14-15-8-6-9-16(13-15)22-12-7-11-21-22;/h6-9,11-13H,3-5,10,14H2,1-2H3,(H2,18,19,20);1H. The van der Waals surface area contributed by atoms with E-state index in [1.165, 1.54) is 24.8 Å². The topological polar surface area (TPSA) is 54.2 Å². The molecule has 1 aromatic heterocycles. The van der Waals surface area contributed by atoms with Gasteiger partial charge in [0.05, 0.1) is 5.69 Å². The van der Waals surface area contributed by atoms with Crippen molar-refractivity contribution in [2.24, 2.45) is 4.99 Å². The zero-order valence-corrected chi connectivity index (χ0v) is 16.2. The SMILES string of the molecule is CCCCCNC(=NC)NCc1cccc(-n2cccn2)c1.I. The summed E-state index contributed by atoms with van der Waals surface area (Å²) < 4.78 is 1.86. The smallest absolute Gasteiger partial charge is 0.191 e. The van der Waals surface area contributed by atoms with E-state index in [1.807, 2.05) is 29.1 Å². The van der Waals surface area contributed by atoms with Crippen molar-refractivity contribution < 1.29 is 0 Å². The van der Waals surface area contributed by atoms with Gasteiger partial charge in [0.15, 0.2) is 5.96 Å². The maximum absolute atomic E-state index is 4.26. The van der Waals surface area contributed by atoms with Crippen molar-refractivity contribution in [3.63, 3.8) is 0 Å². The van der Waals surface area contributed by atoms with Crippen LogP contribution in [-0.4, -0.2) is 29.3 Å². The number of guanidine groups is 1. The van der Waals surface area contributed by atoms with Gasteiger partial charge in [-0.3, -0.25) is 4.99 Å². The second kappa shape index (κ2) is 11.0. The largest absolute Gasteiger partial charge is 0.356 e. The lowest BCUT2D eigenvalue weighted by molar-refractivity contribution is 0.682. The van der Waals surface area contributed by atoms with Gasteiger partial charge in [-0.25, -0.2) is 4.68 Å². The van der Waals surface area contributed by atoms with E-state index in [2.05, 4.69) is 39.8 Å². The second-order valence-corrected chi connectivity index (χ2v) is 5.18. The third-order valence-corrected chi connectivity index (χ3v) is 3.44. The van der Waals surface area contributed by atoms with E-state index in [0.717, 1.165) is 24.7 Å². The molecule has 0 spiro atoms. The number of rotatable bonds is 7. The van der Waals surface area contributed by atoms with E-state index in [1.54, 1.807) is 13.2 Å². The summed E-state index contributed by atoms with van der Waals surface area (Å²) in [5, 5.41) is 10.9. The molecule has 0 radical (unpaired) electrons. The Hall–Kier alpha value is -1.57. The fourth-order valence-electron chi connectivity index (χ4n) is 2.22. The number of hydrogen-bond donors (Lipinski definition) is 2. The van der Waals surface area contributed by atoms with Crippen molar-refractivity contribution in [2.45, 2.75) is 32.7 Å². The average molecular weight is 427 g/mol. The van der Waals surface area contributed by atoms with Gasteiger partial charge in [-0.1, -0.05) is 31.9 Å². The molecule has 1 heterocycles. The molecule has 0 aliphatic rings. The van der Waals surface area contributed by atoms with Crippen LogP contribution in [0.3, 0.4) is 0 Å². The lowest BCUT2D eigenvalue weighted by Gasteiger charge is -2.12. The Labute approximate surface area is 155 Å². The van der Waals surface area contributed by atoms with Gasteiger partial charge in [-0.2, -0.15) is 5.10 Å². The highest BCUT2D eigenvalue weighted by molar-refractivity contribution is 14.0. The second-order valence-electron chi connectivity index (χ2n) is 5.18. The average Bonchev–Trinajstić information content (AvgIpc) is 3.09. The highest BCUT2D eigenvalue weighted by Crippen LogP contribution is 2.09. The predicted octanol–water partition coefficient (Wildman–Crippen LogP) is 3.35. The van der Waals surface area contributed by atoms with Crippen molar-refractivity contribution in [2.75, 3.05) is 13.6 Å². The molecule has 0 aliphatic carbocycles. The van der Waals surface area contributed by atoms with Gasteiger partial charge in [0.25, 0.3) is 0 Å². The minimum atomic E-state index is 0. The van der Waals surface area contributed by atoms with Gasteiger partial charge in [0, 0.05) is 32.5 Å². The normalized spacial score (nSPS) is 11.0. The van der Waals surface area contributed by atoms with E-state index >= 15 is 0 Å². The van der Waals surface area contributed by atoms with Crippen LogP contribution < -0.4 is 10.6 Å². The maximum Gasteiger partial charge on any atom is 0.191 e. The third kappa shape index (κ3) is 6.60. The van der Waals surface area contributed by atoms with Gasteiger partial charge in [0.2, 0.25) is 0 Å². The van der Waals surface area contributed by atoms with Gasteiger partial charge >= 0.3 is 0 Å². The Morgan fingerprint density at radius 1 is 1.22 bits per heavy atom. The molecule has 5 nitrogen and oxygen atoms in total. The first-order valence-electron chi connectivity index (χ1n) is 7.87. The Morgan fingerprint density at radius 3 is 2.78 bits per heavy atom.